The fourth-order valence-corrected chi connectivity index (χ4v) is 6.29. The van der Waals surface area contributed by atoms with Crippen LogP contribution in [0.15, 0.2) is 42.5 Å². The van der Waals surface area contributed by atoms with Gasteiger partial charge in [-0.25, -0.2) is 8.42 Å². The van der Waals surface area contributed by atoms with E-state index in [0.29, 0.717) is 43.7 Å². The van der Waals surface area contributed by atoms with E-state index in [1.54, 1.807) is 6.08 Å². The molecular formula is C25H33Cl2N3O3S. The second-order valence-corrected chi connectivity index (χ2v) is 11.6. The van der Waals surface area contributed by atoms with Gasteiger partial charge in [-0.15, -0.1) is 12.4 Å². The van der Waals surface area contributed by atoms with Crippen molar-refractivity contribution in [3.05, 3.63) is 53.1 Å². The Morgan fingerprint density at radius 1 is 1.00 bits per heavy atom. The molecule has 0 radical (unpaired) electrons. The van der Waals surface area contributed by atoms with Crippen molar-refractivity contribution in [1.29, 1.82) is 0 Å². The monoisotopic (exact) mass is 525 g/mol. The van der Waals surface area contributed by atoms with Crippen LogP contribution in [0.25, 0.3) is 16.8 Å². The average molecular weight is 527 g/mol. The first-order valence-electron chi connectivity index (χ1n) is 11.7. The molecule has 1 saturated carbocycles. The molecule has 4 rings (SSSR count). The molecule has 0 atom stereocenters. The van der Waals surface area contributed by atoms with Gasteiger partial charge in [0.05, 0.1) is 5.75 Å². The second-order valence-electron chi connectivity index (χ2n) is 9.11. The Labute approximate surface area is 213 Å². The van der Waals surface area contributed by atoms with E-state index in [9.17, 15) is 13.2 Å². The lowest BCUT2D eigenvalue weighted by atomic mass is 9.81. The van der Waals surface area contributed by atoms with Gasteiger partial charge in [-0.3, -0.25) is 4.79 Å². The Morgan fingerprint density at radius 2 is 1.65 bits per heavy atom. The minimum absolute atomic E-state index is 0. The largest absolute Gasteiger partial charge is 0.340 e. The van der Waals surface area contributed by atoms with E-state index in [1.807, 2.05) is 47.4 Å². The lowest BCUT2D eigenvalue weighted by Gasteiger charge is -2.37. The van der Waals surface area contributed by atoms with Crippen molar-refractivity contribution in [3.63, 3.8) is 0 Å². The first-order chi connectivity index (χ1) is 15.9. The van der Waals surface area contributed by atoms with Gasteiger partial charge in [-0.2, -0.15) is 4.31 Å². The minimum Gasteiger partial charge on any atom is -0.340 e. The molecule has 2 fully saturated rings. The standard InChI is InChI=1S/C25H32ClN3O3S.ClH/c26-24-10-9-22-16-19(3-8-23(22)17-24)2-1-15-33(31,32)29-13-11-28(12-14-29)25(30)21-6-4-20(18-27)5-7-21;/h1-3,8-10,16-17,20-21H,4-7,11-15,18,27H2;1H/t20-,21-;. The summed E-state index contributed by atoms with van der Waals surface area (Å²) in [6.45, 7) is 2.34. The molecule has 0 bridgehead atoms. The fraction of sp³-hybridized carbons (Fsp3) is 0.480. The molecule has 0 spiro atoms. The lowest BCUT2D eigenvalue weighted by Crippen LogP contribution is -2.52. The molecule has 9 heteroatoms. The fourth-order valence-electron chi connectivity index (χ4n) is 4.84. The Kier molecular flexibility index (Phi) is 9.41. The van der Waals surface area contributed by atoms with Crippen LogP contribution in [0.4, 0.5) is 0 Å². The molecule has 1 heterocycles. The average Bonchev–Trinajstić information content (AvgIpc) is 2.83. The highest BCUT2D eigenvalue weighted by atomic mass is 35.5. The molecule has 0 unspecified atom stereocenters. The third kappa shape index (κ3) is 6.52. The van der Waals surface area contributed by atoms with Crippen molar-refractivity contribution in [2.24, 2.45) is 17.6 Å². The van der Waals surface area contributed by atoms with E-state index in [1.165, 1.54) is 4.31 Å². The van der Waals surface area contributed by atoms with Crippen LogP contribution in [0.1, 0.15) is 31.2 Å². The number of hydrogen-bond acceptors (Lipinski definition) is 4. The summed E-state index contributed by atoms with van der Waals surface area (Å²) in [6.07, 6.45) is 7.34. The van der Waals surface area contributed by atoms with Crippen molar-refractivity contribution < 1.29 is 13.2 Å². The summed E-state index contributed by atoms with van der Waals surface area (Å²) < 4.78 is 27.1. The smallest absolute Gasteiger partial charge is 0.225 e. The summed E-state index contributed by atoms with van der Waals surface area (Å²) in [4.78, 5) is 14.7. The van der Waals surface area contributed by atoms with E-state index in [0.717, 1.165) is 42.0 Å². The zero-order valence-electron chi connectivity index (χ0n) is 19.2. The number of fused-ring (bicyclic) bond motifs is 1. The molecule has 1 aliphatic heterocycles. The number of carbonyl (C=O) groups excluding carboxylic acids is 1. The molecule has 34 heavy (non-hydrogen) atoms. The van der Waals surface area contributed by atoms with Gasteiger partial charge >= 0.3 is 0 Å². The highest BCUT2D eigenvalue weighted by molar-refractivity contribution is 7.89. The summed E-state index contributed by atoms with van der Waals surface area (Å²) in [5.41, 5.74) is 6.70. The molecule has 2 aromatic carbocycles. The zero-order valence-corrected chi connectivity index (χ0v) is 21.6. The number of piperazine rings is 1. The van der Waals surface area contributed by atoms with Gasteiger partial charge in [0.15, 0.2) is 0 Å². The number of nitrogens with two attached hydrogens (primary N) is 1. The minimum atomic E-state index is -3.41. The quantitative estimate of drug-likeness (QED) is 0.613. The van der Waals surface area contributed by atoms with Crippen LogP contribution in [0.5, 0.6) is 0 Å². The number of carbonyl (C=O) groups is 1. The zero-order chi connectivity index (χ0) is 23.4. The van der Waals surface area contributed by atoms with Crippen LogP contribution in [0.3, 0.4) is 0 Å². The highest BCUT2D eigenvalue weighted by Crippen LogP contribution is 2.30. The van der Waals surface area contributed by atoms with Gasteiger partial charge in [-0.1, -0.05) is 42.0 Å². The van der Waals surface area contributed by atoms with Gasteiger partial charge in [-0.05, 0) is 72.7 Å². The molecule has 2 aromatic rings. The molecular weight excluding hydrogens is 493 g/mol. The van der Waals surface area contributed by atoms with Gasteiger partial charge < -0.3 is 10.6 Å². The van der Waals surface area contributed by atoms with E-state index >= 15 is 0 Å². The maximum atomic E-state index is 12.9. The van der Waals surface area contributed by atoms with Crippen LogP contribution in [-0.4, -0.2) is 62.0 Å². The lowest BCUT2D eigenvalue weighted by molar-refractivity contribution is -0.138. The number of rotatable bonds is 6. The van der Waals surface area contributed by atoms with Crippen molar-refractivity contribution >= 4 is 56.8 Å². The molecule has 2 N–H and O–H groups in total. The van der Waals surface area contributed by atoms with Crippen LogP contribution in [0.2, 0.25) is 5.02 Å². The molecule has 1 aliphatic carbocycles. The Bertz CT molecular complexity index is 1120. The number of amides is 1. The van der Waals surface area contributed by atoms with Crippen LogP contribution in [-0.2, 0) is 14.8 Å². The maximum Gasteiger partial charge on any atom is 0.225 e. The van der Waals surface area contributed by atoms with Crippen LogP contribution >= 0.6 is 24.0 Å². The summed E-state index contributed by atoms with van der Waals surface area (Å²) in [5, 5.41) is 2.80. The number of hydrogen-bond donors (Lipinski definition) is 1. The number of halogens is 2. The normalized spacial score (nSPS) is 22.1. The van der Waals surface area contributed by atoms with Crippen molar-refractivity contribution in [2.75, 3.05) is 38.5 Å². The molecule has 6 nitrogen and oxygen atoms in total. The Balaban J connectivity index is 0.00000324. The van der Waals surface area contributed by atoms with Crippen LogP contribution in [0, 0.1) is 11.8 Å². The number of nitrogens with zero attached hydrogens (tertiary/aromatic N) is 2. The third-order valence-electron chi connectivity index (χ3n) is 6.92. The Morgan fingerprint density at radius 3 is 2.32 bits per heavy atom. The third-order valence-corrected chi connectivity index (χ3v) is 8.92. The predicted molar refractivity (Wildman–Crippen MR) is 142 cm³/mol. The van der Waals surface area contributed by atoms with Crippen LogP contribution < -0.4 is 5.73 Å². The van der Waals surface area contributed by atoms with Crippen molar-refractivity contribution in [3.8, 4) is 0 Å². The summed E-state index contributed by atoms with van der Waals surface area (Å²) >= 11 is 6.03. The van der Waals surface area contributed by atoms with E-state index < -0.39 is 10.0 Å². The summed E-state index contributed by atoms with van der Waals surface area (Å²) in [7, 11) is -3.41. The highest BCUT2D eigenvalue weighted by Gasteiger charge is 2.33. The summed E-state index contributed by atoms with van der Waals surface area (Å²) in [5.74, 6) is 0.733. The first-order valence-corrected chi connectivity index (χ1v) is 13.7. The summed E-state index contributed by atoms with van der Waals surface area (Å²) in [6, 6.07) is 11.7. The SMILES string of the molecule is Cl.NC[C@H]1CC[C@H](C(=O)N2CCN(S(=O)(=O)CC=Cc3ccc4cc(Cl)ccc4c3)CC2)CC1. The molecule has 1 amide bonds. The number of benzene rings is 2. The van der Waals surface area contributed by atoms with Crippen molar-refractivity contribution in [2.45, 2.75) is 25.7 Å². The van der Waals surface area contributed by atoms with E-state index in [4.69, 9.17) is 17.3 Å². The molecule has 2 aliphatic rings. The first kappa shape index (κ1) is 27.0. The topological polar surface area (TPSA) is 83.7 Å². The maximum absolute atomic E-state index is 12.9. The van der Waals surface area contributed by atoms with E-state index in [-0.39, 0.29) is 30.0 Å². The van der Waals surface area contributed by atoms with Gasteiger partial charge in [0.25, 0.3) is 0 Å². The van der Waals surface area contributed by atoms with Gasteiger partial charge in [0.1, 0.15) is 0 Å². The van der Waals surface area contributed by atoms with Gasteiger partial charge in [0.2, 0.25) is 15.9 Å². The Hall–Kier alpha value is -1.64. The van der Waals surface area contributed by atoms with Gasteiger partial charge in [0, 0.05) is 37.1 Å². The predicted octanol–water partition coefficient (Wildman–Crippen LogP) is 4.17. The second kappa shape index (κ2) is 11.9. The molecule has 0 aromatic heterocycles. The molecule has 186 valence electrons. The van der Waals surface area contributed by atoms with Crippen molar-refractivity contribution in [1.82, 2.24) is 9.21 Å². The number of sulfonamides is 1. The van der Waals surface area contributed by atoms with E-state index in [2.05, 4.69) is 0 Å². The molecule has 1 saturated heterocycles.